The van der Waals surface area contributed by atoms with Crippen molar-refractivity contribution in [3.63, 3.8) is 0 Å². The molecule has 0 radical (unpaired) electrons. The third kappa shape index (κ3) is 5.74. The number of methoxy groups -OCH3 is 1. The number of carbonyl (C=O) groups is 2. The molecule has 0 saturated carbocycles. The lowest BCUT2D eigenvalue weighted by Crippen LogP contribution is -2.35. The van der Waals surface area contributed by atoms with Gasteiger partial charge in [0.15, 0.2) is 0 Å². The van der Waals surface area contributed by atoms with Gasteiger partial charge >= 0.3 is 0 Å². The highest BCUT2D eigenvalue weighted by molar-refractivity contribution is 5.94. The van der Waals surface area contributed by atoms with Crippen molar-refractivity contribution in [2.45, 2.75) is 31.6 Å². The number of pyridine rings is 1. The van der Waals surface area contributed by atoms with Crippen LogP contribution in [0.3, 0.4) is 0 Å². The molecule has 2 amide bonds. The van der Waals surface area contributed by atoms with Crippen LogP contribution in [0.2, 0.25) is 0 Å². The van der Waals surface area contributed by atoms with Crippen molar-refractivity contribution < 1.29 is 18.8 Å². The van der Waals surface area contributed by atoms with Crippen LogP contribution in [-0.2, 0) is 4.79 Å². The molecule has 1 aliphatic heterocycles. The fraction of sp³-hybridized carbons (Fsp3) is 0.375. The minimum Gasteiger partial charge on any atom is -0.497 e. The van der Waals surface area contributed by atoms with Gasteiger partial charge in [0, 0.05) is 55.5 Å². The Morgan fingerprint density at radius 3 is 2.79 bits per heavy atom. The van der Waals surface area contributed by atoms with E-state index in [1.54, 1.807) is 48.7 Å². The molecular formula is C24H27N5O4. The Morgan fingerprint density at radius 1 is 1.18 bits per heavy atom. The molecule has 2 aromatic heterocycles. The highest BCUT2D eigenvalue weighted by atomic mass is 16.5. The minimum absolute atomic E-state index is 0.0146. The van der Waals surface area contributed by atoms with Crippen LogP contribution in [0, 0.1) is 0 Å². The molecule has 9 heteroatoms. The van der Waals surface area contributed by atoms with E-state index in [-0.39, 0.29) is 24.2 Å². The lowest BCUT2D eigenvalue weighted by molar-refractivity contribution is -0.121. The number of aromatic nitrogens is 3. The van der Waals surface area contributed by atoms with Crippen molar-refractivity contribution in [1.29, 1.82) is 0 Å². The number of amides is 2. The largest absolute Gasteiger partial charge is 0.497 e. The zero-order valence-electron chi connectivity index (χ0n) is 18.6. The van der Waals surface area contributed by atoms with Gasteiger partial charge in [-0.3, -0.25) is 14.6 Å². The second kappa shape index (κ2) is 10.7. The summed E-state index contributed by atoms with van der Waals surface area (Å²) in [7, 11) is 1.59. The van der Waals surface area contributed by atoms with Gasteiger partial charge in [0.25, 0.3) is 5.91 Å². The number of ether oxygens (including phenoxy) is 1. The molecule has 1 fully saturated rings. The molecule has 3 heterocycles. The quantitative estimate of drug-likeness (QED) is 0.652. The zero-order chi connectivity index (χ0) is 23.0. The standard InChI is InChI=1S/C24H27N5O4/c1-32-20-8-6-18(7-9-20)24(31)29-14-3-5-17(10-13-26-21(30)11-15-29)23-27-22(28-33-23)19-4-2-12-25-16-19/h2,4,6-9,12,16-17H,3,5,10-11,13-15H2,1H3,(H,26,30). The number of rotatable bonds is 4. The second-order valence-corrected chi connectivity index (χ2v) is 7.95. The van der Waals surface area contributed by atoms with Gasteiger partial charge in [-0.25, -0.2) is 0 Å². The average molecular weight is 450 g/mol. The maximum Gasteiger partial charge on any atom is 0.253 e. The minimum atomic E-state index is -0.0992. The fourth-order valence-electron chi connectivity index (χ4n) is 3.87. The first-order chi connectivity index (χ1) is 16.1. The fourth-order valence-corrected chi connectivity index (χ4v) is 3.87. The summed E-state index contributed by atoms with van der Waals surface area (Å²) in [4.78, 5) is 35.8. The summed E-state index contributed by atoms with van der Waals surface area (Å²) in [5.41, 5.74) is 1.36. The maximum atomic E-state index is 13.1. The Bertz CT molecular complexity index is 1070. The molecule has 9 nitrogen and oxygen atoms in total. The first-order valence-electron chi connectivity index (χ1n) is 11.1. The Hall–Kier alpha value is -3.75. The van der Waals surface area contributed by atoms with Crippen LogP contribution in [-0.4, -0.2) is 58.6 Å². The van der Waals surface area contributed by atoms with Crippen molar-refractivity contribution in [3.8, 4) is 17.1 Å². The summed E-state index contributed by atoms with van der Waals surface area (Å²) in [6.07, 6.45) is 5.85. The Kier molecular flexibility index (Phi) is 7.29. The molecule has 3 aromatic rings. The first-order valence-corrected chi connectivity index (χ1v) is 11.1. The van der Waals surface area contributed by atoms with Gasteiger partial charge in [0.1, 0.15) is 5.75 Å². The van der Waals surface area contributed by atoms with Gasteiger partial charge < -0.3 is 19.5 Å². The van der Waals surface area contributed by atoms with Crippen molar-refractivity contribution in [3.05, 3.63) is 60.2 Å². The topological polar surface area (TPSA) is 110 Å². The molecule has 1 aliphatic rings. The summed E-state index contributed by atoms with van der Waals surface area (Å²) >= 11 is 0. The molecule has 1 aromatic carbocycles. The molecule has 0 bridgehead atoms. The van der Waals surface area contributed by atoms with Crippen molar-refractivity contribution in [2.24, 2.45) is 0 Å². The van der Waals surface area contributed by atoms with Gasteiger partial charge in [-0.2, -0.15) is 4.98 Å². The molecule has 1 N–H and O–H groups in total. The Labute approximate surface area is 192 Å². The van der Waals surface area contributed by atoms with Gasteiger partial charge in [-0.1, -0.05) is 5.16 Å². The zero-order valence-corrected chi connectivity index (χ0v) is 18.6. The molecule has 1 atom stereocenters. The SMILES string of the molecule is COc1ccc(C(=O)N2CCCC(c3nc(-c4cccnc4)no3)CCNC(=O)CC2)cc1. The Morgan fingerprint density at radius 2 is 2.03 bits per heavy atom. The van der Waals surface area contributed by atoms with Crippen LogP contribution < -0.4 is 10.1 Å². The number of hydrogen-bond donors (Lipinski definition) is 1. The summed E-state index contributed by atoms with van der Waals surface area (Å²) in [5.74, 6) is 1.53. The lowest BCUT2D eigenvalue weighted by atomic mass is 9.99. The van der Waals surface area contributed by atoms with Crippen molar-refractivity contribution in [1.82, 2.24) is 25.3 Å². The number of hydrogen-bond acceptors (Lipinski definition) is 7. The summed E-state index contributed by atoms with van der Waals surface area (Å²) < 4.78 is 10.7. The summed E-state index contributed by atoms with van der Waals surface area (Å²) in [6.45, 7) is 1.42. The molecule has 33 heavy (non-hydrogen) atoms. The summed E-state index contributed by atoms with van der Waals surface area (Å²) in [5, 5.41) is 7.04. The van der Waals surface area contributed by atoms with Gasteiger partial charge in [0.2, 0.25) is 17.6 Å². The van der Waals surface area contributed by atoms with Crippen molar-refractivity contribution >= 4 is 11.8 Å². The van der Waals surface area contributed by atoms with E-state index in [1.165, 1.54) is 0 Å². The van der Waals surface area contributed by atoms with Gasteiger partial charge in [0.05, 0.1) is 7.11 Å². The van der Waals surface area contributed by atoms with E-state index in [0.29, 0.717) is 49.1 Å². The van der Waals surface area contributed by atoms with Crippen LogP contribution in [0.5, 0.6) is 5.75 Å². The van der Waals surface area contributed by atoms with E-state index in [0.717, 1.165) is 18.4 Å². The number of benzene rings is 1. The number of nitrogens with one attached hydrogen (secondary N) is 1. The molecule has 1 unspecified atom stereocenters. The van der Waals surface area contributed by atoms with Crippen LogP contribution in [0.4, 0.5) is 0 Å². The van der Waals surface area contributed by atoms with Gasteiger partial charge in [-0.05, 0) is 55.7 Å². The van der Waals surface area contributed by atoms with Crippen LogP contribution in [0.15, 0.2) is 53.3 Å². The molecule has 1 saturated heterocycles. The third-order valence-corrected chi connectivity index (χ3v) is 5.74. The second-order valence-electron chi connectivity index (χ2n) is 7.95. The van der Waals surface area contributed by atoms with Crippen molar-refractivity contribution in [2.75, 3.05) is 26.7 Å². The van der Waals surface area contributed by atoms with Crippen LogP contribution in [0.25, 0.3) is 11.4 Å². The average Bonchev–Trinajstić information content (AvgIpc) is 3.34. The molecular weight excluding hydrogens is 422 g/mol. The third-order valence-electron chi connectivity index (χ3n) is 5.74. The van der Waals surface area contributed by atoms with E-state index in [9.17, 15) is 9.59 Å². The van der Waals surface area contributed by atoms with E-state index < -0.39 is 0 Å². The Balaban J connectivity index is 1.46. The molecule has 172 valence electrons. The van der Waals surface area contributed by atoms with Gasteiger partial charge in [-0.15, -0.1) is 0 Å². The first kappa shape index (κ1) is 22.4. The molecule has 0 aliphatic carbocycles. The number of nitrogens with zero attached hydrogens (tertiary/aromatic N) is 4. The van der Waals surface area contributed by atoms with Crippen LogP contribution >= 0.6 is 0 Å². The molecule has 4 rings (SSSR count). The normalized spacial score (nSPS) is 17.7. The predicted molar refractivity (Wildman–Crippen MR) is 121 cm³/mol. The number of carbonyl (C=O) groups excluding carboxylic acids is 2. The summed E-state index contributed by atoms with van der Waals surface area (Å²) in [6, 6.07) is 10.7. The molecule has 0 spiro atoms. The maximum absolute atomic E-state index is 13.1. The van der Waals surface area contributed by atoms with E-state index in [1.807, 2.05) is 12.1 Å². The predicted octanol–water partition coefficient (Wildman–Crippen LogP) is 3.06. The van der Waals surface area contributed by atoms with E-state index >= 15 is 0 Å². The lowest BCUT2D eigenvalue weighted by Gasteiger charge is -2.23. The monoisotopic (exact) mass is 449 g/mol. The highest BCUT2D eigenvalue weighted by Gasteiger charge is 2.23. The smallest absolute Gasteiger partial charge is 0.253 e. The van der Waals surface area contributed by atoms with E-state index in [2.05, 4.69) is 20.4 Å². The van der Waals surface area contributed by atoms with E-state index in [4.69, 9.17) is 9.26 Å². The highest BCUT2D eigenvalue weighted by Crippen LogP contribution is 2.26. The van der Waals surface area contributed by atoms with Crippen LogP contribution in [0.1, 0.15) is 47.8 Å².